The van der Waals surface area contributed by atoms with E-state index in [1.54, 1.807) is 0 Å². The van der Waals surface area contributed by atoms with Crippen molar-refractivity contribution in [3.05, 3.63) is 40.8 Å². The van der Waals surface area contributed by atoms with E-state index in [-0.39, 0.29) is 12.8 Å². The van der Waals surface area contributed by atoms with Gasteiger partial charge in [-0.1, -0.05) is 37.3 Å². The summed E-state index contributed by atoms with van der Waals surface area (Å²) >= 11 is 1.31. The van der Waals surface area contributed by atoms with Crippen molar-refractivity contribution in [2.75, 3.05) is 12.4 Å². The lowest BCUT2D eigenvalue weighted by Gasteiger charge is -2.08. The standard InChI is InChI=1S/C18H19NO5S/c1-3-12-15(11-7-5-4-6-8-11)16(18(23)24-2)17(25-12)19-13(20)9-10-14(21)22/h4-8H,3,9-10H2,1-2H3,(H,19,20)(H,21,22). The number of thiophene rings is 1. The number of ether oxygens (including phenoxy) is 1. The Morgan fingerprint density at radius 1 is 1.16 bits per heavy atom. The molecule has 1 amide bonds. The molecule has 1 aromatic carbocycles. The van der Waals surface area contributed by atoms with E-state index in [1.165, 1.54) is 18.4 Å². The zero-order valence-corrected chi connectivity index (χ0v) is 14.8. The van der Waals surface area contributed by atoms with Crippen LogP contribution in [0.4, 0.5) is 5.00 Å². The fraction of sp³-hybridized carbons (Fsp3) is 0.278. The van der Waals surface area contributed by atoms with Crippen LogP contribution < -0.4 is 5.32 Å². The molecule has 2 aromatic rings. The molecule has 0 aliphatic rings. The fourth-order valence-electron chi connectivity index (χ4n) is 2.43. The summed E-state index contributed by atoms with van der Waals surface area (Å²) in [4.78, 5) is 35.9. The molecule has 6 nitrogen and oxygen atoms in total. The van der Waals surface area contributed by atoms with Gasteiger partial charge in [0.1, 0.15) is 10.6 Å². The molecule has 0 aliphatic heterocycles. The third-order valence-electron chi connectivity index (χ3n) is 3.57. The lowest BCUT2D eigenvalue weighted by atomic mass is 10.00. The number of amides is 1. The second-order valence-electron chi connectivity index (χ2n) is 5.26. The van der Waals surface area contributed by atoms with E-state index in [1.807, 2.05) is 37.3 Å². The monoisotopic (exact) mass is 361 g/mol. The maximum absolute atomic E-state index is 12.3. The number of carbonyl (C=O) groups excluding carboxylic acids is 2. The zero-order valence-electron chi connectivity index (χ0n) is 14.0. The van der Waals surface area contributed by atoms with Crippen molar-refractivity contribution in [2.45, 2.75) is 26.2 Å². The maximum atomic E-state index is 12.3. The summed E-state index contributed by atoms with van der Waals surface area (Å²) in [6.45, 7) is 1.97. The van der Waals surface area contributed by atoms with Crippen molar-refractivity contribution in [1.82, 2.24) is 0 Å². The molecular weight excluding hydrogens is 342 g/mol. The minimum absolute atomic E-state index is 0.157. The SMILES string of the molecule is CCc1sc(NC(=O)CCC(=O)O)c(C(=O)OC)c1-c1ccccc1. The second-order valence-corrected chi connectivity index (χ2v) is 6.36. The molecule has 0 atom stereocenters. The molecule has 0 saturated carbocycles. The molecular formula is C18H19NO5S. The number of aliphatic carboxylic acids is 1. The summed E-state index contributed by atoms with van der Waals surface area (Å²) in [5.74, 6) is -2.03. The first-order valence-corrected chi connectivity index (χ1v) is 8.60. The second kappa shape index (κ2) is 8.43. The molecule has 7 heteroatoms. The van der Waals surface area contributed by atoms with Crippen LogP contribution in [0.1, 0.15) is 35.0 Å². The largest absolute Gasteiger partial charge is 0.481 e. The quantitative estimate of drug-likeness (QED) is 0.736. The molecule has 2 N–H and O–H groups in total. The van der Waals surface area contributed by atoms with E-state index in [0.29, 0.717) is 17.0 Å². The number of carbonyl (C=O) groups is 3. The van der Waals surface area contributed by atoms with Crippen molar-refractivity contribution in [1.29, 1.82) is 0 Å². The number of esters is 1. The Balaban J connectivity index is 2.46. The smallest absolute Gasteiger partial charge is 0.341 e. The van der Waals surface area contributed by atoms with Crippen molar-refractivity contribution in [3.8, 4) is 11.1 Å². The number of benzene rings is 1. The molecule has 0 spiro atoms. The summed E-state index contributed by atoms with van der Waals surface area (Å²) in [6.07, 6.45) is 0.261. The highest BCUT2D eigenvalue weighted by molar-refractivity contribution is 7.17. The highest BCUT2D eigenvalue weighted by Crippen LogP contribution is 2.41. The van der Waals surface area contributed by atoms with Crippen molar-refractivity contribution in [3.63, 3.8) is 0 Å². The molecule has 0 unspecified atom stereocenters. The van der Waals surface area contributed by atoms with Gasteiger partial charge in [0.2, 0.25) is 5.91 Å². The highest BCUT2D eigenvalue weighted by atomic mass is 32.1. The van der Waals surface area contributed by atoms with E-state index in [0.717, 1.165) is 16.0 Å². The van der Waals surface area contributed by atoms with Gasteiger partial charge in [-0.15, -0.1) is 11.3 Å². The van der Waals surface area contributed by atoms with Crippen LogP contribution in [0.25, 0.3) is 11.1 Å². The Bertz CT molecular complexity index is 782. The lowest BCUT2D eigenvalue weighted by molar-refractivity contribution is -0.138. The normalized spacial score (nSPS) is 10.3. The first-order chi connectivity index (χ1) is 12.0. The number of carboxylic acid groups (broad SMARTS) is 1. The Morgan fingerprint density at radius 2 is 1.84 bits per heavy atom. The number of methoxy groups -OCH3 is 1. The van der Waals surface area contributed by atoms with Gasteiger partial charge >= 0.3 is 11.9 Å². The van der Waals surface area contributed by atoms with E-state index < -0.39 is 17.8 Å². The zero-order chi connectivity index (χ0) is 18.4. The molecule has 2 rings (SSSR count). The number of rotatable bonds is 7. The Kier molecular flexibility index (Phi) is 6.30. The molecule has 0 saturated heterocycles. The van der Waals surface area contributed by atoms with E-state index in [4.69, 9.17) is 9.84 Å². The lowest BCUT2D eigenvalue weighted by Crippen LogP contribution is -2.15. The Morgan fingerprint density at radius 3 is 2.40 bits per heavy atom. The molecule has 25 heavy (non-hydrogen) atoms. The topological polar surface area (TPSA) is 92.7 Å². The van der Waals surface area contributed by atoms with Crippen LogP contribution in [0.15, 0.2) is 30.3 Å². The summed E-state index contributed by atoms with van der Waals surface area (Å²) in [7, 11) is 1.29. The first-order valence-electron chi connectivity index (χ1n) is 7.79. The molecule has 0 fully saturated rings. The van der Waals surface area contributed by atoms with Gasteiger partial charge in [0, 0.05) is 16.9 Å². The van der Waals surface area contributed by atoms with Gasteiger partial charge < -0.3 is 15.2 Å². The van der Waals surface area contributed by atoms with Gasteiger partial charge in [0.15, 0.2) is 0 Å². The molecule has 1 aromatic heterocycles. The number of aryl methyl sites for hydroxylation is 1. The summed E-state index contributed by atoms with van der Waals surface area (Å²) in [6, 6.07) is 9.42. The van der Waals surface area contributed by atoms with Gasteiger partial charge in [-0.05, 0) is 12.0 Å². The molecule has 0 aliphatic carbocycles. The van der Waals surface area contributed by atoms with Crippen molar-refractivity contribution >= 4 is 34.2 Å². The van der Waals surface area contributed by atoms with Crippen LogP contribution in [0, 0.1) is 0 Å². The molecule has 0 radical (unpaired) electrons. The van der Waals surface area contributed by atoms with E-state index in [2.05, 4.69) is 5.32 Å². The van der Waals surface area contributed by atoms with Gasteiger partial charge in [-0.25, -0.2) is 4.79 Å². The number of nitrogens with one attached hydrogen (secondary N) is 1. The number of anilines is 1. The van der Waals surface area contributed by atoms with Crippen molar-refractivity contribution in [2.24, 2.45) is 0 Å². The number of hydrogen-bond donors (Lipinski definition) is 2. The van der Waals surface area contributed by atoms with Crippen LogP contribution in [0.2, 0.25) is 0 Å². The number of hydrogen-bond acceptors (Lipinski definition) is 5. The van der Waals surface area contributed by atoms with Crippen molar-refractivity contribution < 1.29 is 24.2 Å². The first kappa shape index (κ1) is 18.7. The summed E-state index contributed by atoms with van der Waals surface area (Å²) in [5, 5.41) is 11.7. The van der Waals surface area contributed by atoms with Crippen LogP contribution in [0.5, 0.6) is 0 Å². The fourth-order valence-corrected chi connectivity index (χ4v) is 3.60. The predicted molar refractivity (Wildman–Crippen MR) is 96.0 cm³/mol. The third-order valence-corrected chi connectivity index (χ3v) is 4.82. The summed E-state index contributed by atoms with van der Waals surface area (Å²) in [5.41, 5.74) is 1.91. The molecule has 0 bridgehead atoms. The molecule has 132 valence electrons. The van der Waals surface area contributed by atoms with Crippen LogP contribution in [0.3, 0.4) is 0 Å². The Hall–Kier alpha value is -2.67. The minimum atomic E-state index is -1.05. The van der Waals surface area contributed by atoms with E-state index in [9.17, 15) is 14.4 Å². The van der Waals surface area contributed by atoms with E-state index >= 15 is 0 Å². The van der Waals surface area contributed by atoms with Crippen LogP contribution >= 0.6 is 11.3 Å². The van der Waals surface area contributed by atoms with Gasteiger partial charge in [0.25, 0.3) is 0 Å². The third kappa shape index (κ3) is 4.45. The van der Waals surface area contributed by atoms with Gasteiger partial charge in [0.05, 0.1) is 13.5 Å². The Labute approximate surface area is 149 Å². The highest BCUT2D eigenvalue weighted by Gasteiger charge is 2.25. The average Bonchev–Trinajstić information content (AvgIpc) is 2.98. The summed E-state index contributed by atoms with van der Waals surface area (Å²) < 4.78 is 4.90. The molecule has 1 heterocycles. The average molecular weight is 361 g/mol. The van der Waals surface area contributed by atoms with Gasteiger partial charge in [-0.2, -0.15) is 0 Å². The maximum Gasteiger partial charge on any atom is 0.341 e. The van der Waals surface area contributed by atoms with Crippen LogP contribution in [-0.2, 0) is 20.7 Å². The van der Waals surface area contributed by atoms with Gasteiger partial charge in [-0.3, -0.25) is 9.59 Å². The minimum Gasteiger partial charge on any atom is -0.481 e. The number of carboxylic acids is 1. The predicted octanol–water partition coefficient (Wildman–Crippen LogP) is 3.57. The van der Waals surface area contributed by atoms with Crippen LogP contribution in [-0.4, -0.2) is 30.1 Å².